The Labute approximate surface area is 79.1 Å². The van der Waals surface area contributed by atoms with Crippen molar-refractivity contribution in [1.82, 2.24) is 14.7 Å². The highest BCUT2D eigenvalue weighted by molar-refractivity contribution is 6.31. The van der Waals surface area contributed by atoms with Crippen LogP contribution in [-0.4, -0.2) is 14.7 Å². The fourth-order valence-corrected chi connectivity index (χ4v) is 1.35. The second kappa shape index (κ2) is 2.77. The first-order valence-corrected chi connectivity index (χ1v) is 3.95. The van der Waals surface area contributed by atoms with Gasteiger partial charge in [0.2, 0.25) is 5.76 Å². The van der Waals surface area contributed by atoms with E-state index in [4.69, 9.17) is 21.9 Å². The molecule has 0 saturated carbocycles. The molecular weight excluding hydrogens is 192 g/mol. The first-order valence-electron chi connectivity index (χ1n) is 3.57. The van der Waals surface area contributed by atoms with Crippen LogP contribution in [0.4, 0.5) is 5.69 Å². The van der Waals surface area contributed by atoms with Crippen molar-refractivity contribution >= 4 is 17.3 Å². The molecule has 2 aromatic heterocycles. The van der Waals surface area contributed by atoms with Crippen molar-refractivity contribution < 1.29 is 4.52 Å². The van der Waals surface area contributed by atoms with Gasteiger partial charge in [-0.2, -0.15) is 0 Å². The molecule has 0 aromatic carbocycles. The molecule has 0 saturated heterocycles. The van der Waals surface area contributed by atoms with Crippen molar-refractivity contribution in [2.24, 2.45) is 7.05 Å². The summed E-state index contributed by atoms with van der Waals surface area (Å²) in [7, 11) is 1.80. The Morgan fingerprint density at radius 3 is 2.85 bits per heavy atom. The van der Waals surface area contributed by atoms with Crippen molar-refractivity contribution in [2.45, 2.75) is 0 Å². The molecule has 0 aliphatic heterocycles. The third-order valence-corrected chi connectivity index (χ3v) is 1.98. The largest absolute Gasteiger partial charge is 0.394 e. The Balaban J connectivity index is 2.64. The number of nitrogen functional groups attached to an aromatic ring is 1. The minimum atomic E-state index is 0.353. The molecule has 2 heterocycles. The molecule has 0 aliphatic rings. The maximum atomic E-state index is 5.83. The number of halogens is 1. The molecule has 0 amide bonds. The summed E-state index contributed by atoms with van der Waals surface area (Å²) in [5, 5.41) is 3.91. The topological polar surface area (TPSA) is 69.9 Å². The maximum absolute atomic E-state index is 5.83. The van der Waals surface area contributed by atoms with E-state index in [1.807, 2.05) is 0 Å². The average molecular weight is 199 g/mol. The van der Waals surface area contributed by atoms with Crippen LogP contribution in [0.15, 0.2) is 17.0 Å². The van der Waals surface area contributed by atoms with E-state index >= 15 is 0 Å². The number of nitrogens with zero attached hydrogens (tertiary/aromatic N) is 3. The Hall–Kier alpha value is -1.49. The number of nitrogens with two attached hydrogens (primary N) is 1. The minimum absolute atomic E-state index is 0.353. The van der Waals surface area contributed by atoms with Crippen LogP contribution in [0.25, 0.3) is 11.5 Å². The molecule has 5 nitrogen and oxygen atoms in total. The summed E-state index contributed by atoms with van der Waals surface area (Å²) in [6.07, 6.45) is 3.01. The summed E-state index contributed by atoms with van der Waals surface area (Å²) in [4.78, 5) is 3.90. The molecule has 0 radical (unpaired) electrons. The molecule has 0 unspecified atom stereocenters. The van der Waals surface area contributed by atoms with E-state index < -0.39 is 0 Å². The maximum Gasteiger partial charge on any atom is 0.209 e. The lowest BCUT2D eigenvalue weighted by Gasteiger charge is -1.97. The number of anilines is 1. The molecule has 0 aliphatic carbocycles. The van der Waals surface area contributed by atoms with Crippen LogP contribution >= 0.6 is 11.6 Å². The lowest BCUT2D eigenvalue weighted by atomic mass is 10.3. The van der Waals surface area contributed by atoms with Crippen molar-refractivity contribution in [3.05, 3.63) is 17.7 Å². The van der Waals surface area contributed by atoms with E-state index in [0.29, 0.717) is 22.3 Å². The summed E-state index contributed by atoms with van der Waals surface area (Å²) in [6.45, 7) is 0. The van der Waals surface area contributed by atoms with E-state index in [0.717, 1.165) is 0 Å². The molecule has 6 heteroatoms. The van der Waals surface area contributed by atoms with Gasteiger partial charge in [-0.15, -0.1) is 0 Å². The van der Waals surface area contributed by atoms with Gasteiger partial charge in [0.15, 0.2) is 5.15 Å². The highest BCUT2D eigenvalue weighted by atomic mass is 35.5. The average Bonchev–Trinajstić information content (AvgIpc) is 2.60. The Kier molecular flexibility index (Phi) is 1.73. The van der Waals surface area contributed by atoms with Crippen molar-refractivity contribution in [3.63, 3.8) is 0 Å². The lowest BCUT2D eigenvalue weighted by molar-refractivity contribution is 0.430. The zero-order valence-corrected chi connectivity index (χ0v) is 7.62. The summed E-state index contributed by atoms with van der Waals surface area (Å²) in [6, 6.07) is 0. The molecule has 0 bridgehead atoms. The normalized spacial score (nSPS) is 10.6. The summed E-state index contributed by atoms with van der Waals surface area (Å²) in [5.74, 6) is 0.449. The third-order valence-electron chi connectivity index (χ3n) is 1.71. The zero-order chi connectivity index (χ0) is 9.42. The highest BCUT2D eigenvalue weighted by Crippen LogP contribution is 2.30. The number of hydrogen-bond acceptors (Lipinski definition) is 4. The molecule has 2 N–H and O–H groups in total. The summed E-state index contributed by atoms with van der Waals surface area (Å²) in [5.41, 5.74) is 6.70. The predicted molar refractivity (Wildman–Crippen MR) is 48.1 cm³/mol. The Morgan fingerprint density at radius 1 is 1.62 bits per heavy atom. The van der Waals surface area contributed by atoms with Gasteiger partial charge in [-0.3, -0.25) is 0 Å². The number of rotatable bonds is 1. The monoisotopic (exact) mass is 198 g/mol. The molecule has 2 aromatic rings. The van der Waals surface area contributed by atoms with Gasteiger partial charge < -0.3 is 14.8 Å². The SMILES string of the molecule is Cn1cnc(Cl)c1-c1oncc1N. The number of imidazole rings is 1. The molecule has 13 heavy (non-hydrogen) atoms. The molecule has 68 valence electrons. The van der Waals surface area contributed by atoms with Crippen molar-refractivity contribution in [1.29, 1.82) is 0 Å². The van der Waals surface area contributed by atoms with E-state index in [1.165, 1.54) is 6.20 Å². The van der Waals surface area contributed by atoms with Crippen LogP contribution in [0.5, 0.6) is 0 Å². The fourth-order valence-electron chi connectivity index (χ4n) is 1.08. The van der Waals surface area contributed by atoms with Crippen LogP contribution in [0.3, 0.4) is 0 Å². The van der Waals surface area contributed by atoms with Gasteiger partial charge in [0.05, 0.1) is 12.5 Å². The molecule has 0 atom stereocenters. The standard InChI is InChI=1S/C7H7ClN4O/c1-12-3-10-7(8)5(12)6-4(9)2-11-13-6/h2-3H,9H2,1H3. The fraction of sp³-hybridized carbons (Fsp3) is 0.143. The lowest BCUT2D eigenvalue weighted by Crippen LogP contribution is -1.92. The van der Waals surface area contributed by atoms with E-state index in [2.05, 4.69) is 10.1 Å². The number of aryl methyl sites for hydroxylation is 1. The molecule has 0 spiro atoms. The van der Waals surface area contributed by atoms with Gasteiger partial charge in [-0.25, -0.2) is 4.98 Å². The molecule has 2 rings (SSSR count). The number of hydrogen-bond donors (Lipinski definition) is 1. The van der Waals surface area contributed by atoms with E-state index in [1.54, 1.807) is 17.9 Å². The summed E-state index contributed by atoms with van der Waals surface area (Å²) >= 11 is 5.83. The highest BCUT2D eigenvalue weighted by Gasteiger charge is 2.16. The Morgan fingerprint density at radius 2 is 2.38 bits per heavy atom. The van der Waals surface area contributed by atoms with Gasteiger partial charge >= 0.3 is 0 Å². The van der Waals surface area contributed by atoms with Crippen LogP contribution in [-0.2, 0) is 7.05 Å². The van der Waals surface area contributed by atoms with Crippen LogP contribution < -0.4 is 5.73 Å². The summed E-state index contributed by atoms with van der Waals surface area (Å²) < 4.78 is 6.67. The van der Waals surface area contributed by atoms with Gasteiger partial charge in [0.1, 0.15) is 11.4 Å². The van der Waals surface area contributed by atoms with Gasteiger partial charge in [-0.1, -0.05) is 16.8 Å². The van der Waals surface area contributed by atoms with Crippen LogP contribution in [0, 0.1) is 0 Å². The smallest absolute Gasteiger partial charge is 0.209 e. The van der Waals surface area contributed by atoms with Gasteiger partial charge in [-0.05, 0) is 0 Å². The first-order chi connectivity index (χ1) is 6.20. The van der Waals surface area contributed by atoms with Gasteiger partial charge in [0, 0.05) is 7.05 Å². The molecule has 0 fully saturated rings. The van der Waals surface area contributed by atoms with Gasteiger partial charge in [0.25, 0.3) is 0 Å². The predicted octanol–water partition coefficient (Wildman–Crippen LogP) is 1.31. The van der Waals surface area contributed by atoms with E-state index in [9.17, 15) is 0 Å². The van der Waals surface area contributed by atoms with Crippen LogP contribution in [0.2, 0.25) is 5.15 Å². The second-order valence-corrected chi connectivity index (χ2v) is 2.96. The van der Waals surface area contributed by atoms with Crippen molar-refractivity contribution in [3.8, 4) is 11.5 Å². The Bertz CT molecular complexity index is 414. The molecular formula is C7H7ClN4O. The zero-order valence-electron chi connectivity index (χ0n) is 6.86. The van der Waals surface area contributed by atoms with E-state index in [-0.39, 0.29) is 0 Å². The second-order valence-electron chi connectivity index (χ2n) is 2.61. The quantitative estimate of drug-likeness (QED) is 0.750. The first kappa shape index (κ1) is 8.12. The number of aromatic nitrogens is 3. The van der Waals surface area contributed by atoms with Crippen LogP contribution in [0.1, 0.15) is 0 Å². The third kappa shape index (κ3) is 1.17. The minimum Gasteiger partial charge on any atom is -0.394 e. The van der Waals surface area contributed by atoms with Crippen molar-refractivity contribution in [2.75, 3.05) is 5.73 Å².